The van der Waals surface area contributed by atoms with E-state index in [0.717, 1.165) is 11.4 Å². The minimum atomic E-state index is -0.460. The van der Waals surface area contributed by atoms with Crippen LogP contribution in [0.1, 0.15) is 11.4 Å². The number of hydrogen-bond donors (Lipinski definition) is 1. The van der Waals surface area contributed by atoms with Crippen LogP contribution >= 0.6 is 0 Å². The van der Waals surface area contributed by atoms with Crippen molar-refractivity contribution in [1.82, 2.24) is 4.68 Å². The number of nitrogens with one attached hydrogen (secondary N) is 1. The van der Waals surface area contributed by atoms with Gasteiger partial charge < -0.3 is 9.47 Å². The fraction of sp³-hybridized carbons (Fsp3) is 0.286. The van der Waals surface area contributed by atoms with Crippen LogP contribution in [0.5, 0.6) is 11.5 Å². The predicted octanol–water partition coefficient (Wildman–Crippen LogP) is 2.91. The van der Waals surface area contributed by atoms with Crippen LogP contribution in [0.2, 0.25) is 0 Å². The molecule has 0 saturated carbocycles. The average Bonchev–Trinajstić information content (AvgIpc) is 2.78. The number of methoxy groups -OCH3 is 2. The smallest absolute Gasteiger partial charge is 0.298 e. The van der Waals surface area contributed by atoms with Crippen LogP contribution in [0, 0.1) is 24.0 Å². The van der Waals surface area contributed by atoms with Crippen LogP contribution in [-0.2, 0) is 0 Å². The Bertz CT molecular complexity index is 660. The topological polar surface area (TPSA) is 78.6 Å². The Morgan fingerprint density at radius 2 is 1.62 bits per heavy atom. The highest BCUT2D eigenvalue weighted by atomic mass is 16.6. The van der Waals surface area contributed by atoms with E-state index in [4.69, 9.17) is 9.47 Å². The van der Waals surface area contributed by atoms with Gasteiger partial charge in [0.1, 0.15) is 5.69 Å². The molecule has 7 nitrogen and oxygen atoms in total. The first-order valence-electron chi connectivity index (χ1n) is 6.30. The molecule has 0 atom stereocenters. The van der Waals surface area contributed by atoms with Gasteiger partial charge in [-0.05, 0) is 26.0 Å². The molecule has 0 aliphatic rings. The van der Waals surface area contributed by atoms with Crippen LogP contribution in [0.15, 0.2) is 24.3 Å². The normalized spacial score (nSPS) is 10.3. The maximum atomic E-state index is 11.2. The Balaban J connectivity index is 2.53. The van der Waals surface area contributed by atoms with Gasteiger partial charge in [-0.1, -0.05) is 0 Å². The van der Waals surface area contributed by atoms with Gasteiger partial charge >= 0.3 is 0 Å². The highest BCUT2D eigenvalue weighted by Gasteiger charge is 2.20. The molecule has 0 aliphatic heterocycles. The SMILES string of the molecule is COc1cc(Nn2c(C)ccc2C)c([N+](=O)[O-])cc1OC. The molecule has 0 bridgehead atoms. The van der Waals surface area contributed by atoms with Crippen LogP contribution < -0.4 is 14.9 Å². The van der Waals surface area contributed by atoms with E-state index in [1.165, 1.54) is 20.3 Å². The van der Waals surface area contributed by atoms with Gasteiger partial charge in [-0.3, -0.25) is 20.2 Å². The van der Waals surface area contributed by atoms with E-state index in [9.17, 15) is 10.1 Å². The molecule has 7 heteroatoms. The molecule has 2 aromatic rings. The predicted molar refractivity (Wildman–Crippen MR) is 79.1 cm³/mol. The second-order valence-corrected chi connectivity index (χ2v) is 4.54. The zero-order valence-electron chi connectivity index (χ0n) is 12.3. The van der Waals surface area contributed by atoms with E-state index in [-0.39, 0.29) is 5.69 Å². The molecular formula is C14H17N3O4. The molecule has 112 valence electrons. The number of ether oxygens (including phenoxy) is 2. The van der Waals surface area contributed by atoms with Gasteiger partial charge in [0.15, 0.2) is 11.5 Å². The van der Waals surface area contributed by atoms with Gasteiger partial charge in [0.2, 0.25) is 0 Å². The lowest BCUT2D eigenvalue weighted by Crippen LogP contribution is -2.13. The number of benzene rings is 1. The lowest BCUT2D eigenvalue weighted by molar-refractivity contribution is -0.384. The average molecular weight is 291 g/mol. The molecule has 1 N–H and O–H groups in total. The highest BCUT2D eigenvalue weighted by Crippen LogP contribution is 2.37. The summed E-state index contributed by atoms with van der Waals surface area (Å²) in [6.07, 6.45) is 0. The maximum absolute atomic E-state index is 11.2. The molecule has 0 unspecified atom stereocenters. The third-order valence-electron chi connectivity index (χ3n) is 3.20. The standard InChI is InChI=1S/C14H17N3O4/c1-9-5-6-10(2)16(9)15-11-7-13(20-3)14(21-4)8-12(11)17(18)19/h5-8,15H,1-4H3. The summed E-state index contributed by atoms with van der Waals surface area (Å²) in [5.41, 5.74) is 5.17. The first kappa shape index (κ1) is 14.7. The summed E-state index contributed by atoms with van der Waals surface area (Å²) in [7, 11) is 2.93. The Labute approximate surface area is 122 Å². The number of aryl methyl sites for hydroxylation is 2. The Hall–Kier alpha value is -2.70. The van der Waals surface area contributed by atoms with Crippen LogP contribution in [0.25, 0.3) is 0 Å². The van der Waals surface area contributed by atoms with Gasteiger partial charge in [-0.15, -0.1) is 0 Å². The zero-order chi connectivity index (χ0) is 15.6. The number of rotatable bonds is 5. The first-order chi connectivity index (χ1) is 9.97. The van der Waals surface area contributed by atoms with E-state index in [2.05, 4.69) is 5.43 Å². The largest absolute Gasteiger partial charge is 0.493 e. The Kier molecular flexibility index (Phi) is 4.02. The zero-order valence-corrected chi connectivity index (χ0v) is 12.3. The fourth-order valence-corrected chi connectivity index (χ4v) is 2.07. The second-order valence-electron chi connectivity index (χ2n) is 4.54. The van der Waals surface area contributed by atoms with Crippen molar-refractivity contribution in [3.05, 3.63) is 45.8 Å². The molecule has 1 aromatic heterocycles. The molecule has 0 fully saturated rings. The molecule has 2 rings (SSSR count). The van der Waals surface area contributed by atoms with Gasteiger partial charge in [0.05, 0.1) is 25.2 Å². The molecule has 0 amide bonds. The maximum Gasteiger partial charge on any atom is 0.298 e. The van der Waals surface area contributed by atoms with E-state index >= 15 is 0 Å². The summed E-state index contributed by atoms with van der Waals surface area (Å²) in [6.45, 7) is 3.82. The Morgan fingerprint density at radius 3 is 2.10 bits per heavy atom. The summed E-state index contributed by atoms with van der Waals surface area (Å²) in [6, 6.07) is 6.75. The van der Waals surface area contributed by atoms with Crippen LogP contribution in [0.3, 0.4) is 0 Å². The monoisotopic (exact) mass is 291 g/mol. The third kappa shape index (κ3) is 2.76. The van der Waals surface area contributed by atoms with Crippen molar-refractivity contribution in [2.45, 2.75) is 13.8 Å². The molecule has 0 aliphatic carbocycles. The number of nitro groups is 1. The summed E-state index contributed by atoms with van der Waals surface area (Å²) < 4.78 is 12.1. The number of nitro benzene ring substituents is 1. The van der Waals surface area contributed by atoms with Gasteiger partial charge in [0.25, 0.3) is 5.69 Å². The Morgan fingerprint density at radius 1 is 1.10 bits per heavy atom. The fourth-order valence-electron chi connectivity index (χ4n) is 2.07. The minimum absolute atomic E-state index is 0.0832. The quantitative estimate of drug-likeness (QED) is 0.677. The van der Waals surface area contributed by atoms with E-state index in [1.807, 2.05) is 26.0 Å². The summed E-state index contributed by atoms with van der Waals surface area (Å²) in [5.74, 6) is 0.740. The number of anilines is 1. The first-order valence-corrected chi connectivity index (χ1v) is 6.30. The van der Waals surface area contributed by atoms with Crippen LogP contribution in [0.4, 0.5) is 11.4 Å². The summed E-state index contributed by atoms with van der Waals surface area (Å²) >= 11 is 0. The van der Waals surface area contributed by atoms with Crippen molar-refractivity contribution in [3.63, 3.8) is 0 Å². The van der Waals surface area contributed by atoms with E-state index in [0.29, 0.717) is 17.2 Å². The van der Waals surface area contributed by atoms with Crippen molar-refractivity contribution >= 4 is 11.4 Å². The summed E-state index contributed by atoms with van der Waals surface area (Å²) in [5, 5.41) is 11.2. The molecule has 0 spiro atoms. The molecule has 1 heterocycles. The molecule has 21 heavy (non-hydrogen) atoms. The van der Waals surface area contributed by atoms with Crippen molar-refractivity contribution in [2.75, 3.05) is 19.6 Å². The van der Waals surface area contributed by atoms with Gasteiger partial charge in [-0.25, -0.2) is 0 Å². The lowest BCUT2D eigenvalue weighted by Gasteiger charge is -2.15. The molecular weight excluding hydrogens is 274 g/mol. The van der Waals surface area contributed by atoms with Crippen molar-refractivity contribution in [3.8, 4) is 11.5 Å². The van der Waals surface area contributed by atoms with E-state index < -0.39 is 4.92 Å². The van der Waals surface area contributed by atoms with E-state index in [1.54, 1.807) is 10.7 Å². The highest BCUT2D eigenvalue weighted by molar-refractivity contribution is 5.68. The van der Waals surface area contributed by atoms with Crippen molar-refractivity contribution in [2.24, 2.45) is 0 Å². The van der Waals surface area contributed by atoms with Crippen molar-refractivity contribution in [1.29, 1.82) is 0 Å². The number of hydrogen-bond acceptors (Lipinski definition) is 5. The molecule has 0 saturated heterocycles. The number of aromatic nitrogens is 1. The van der Waals surface area contributed by atoms with Crippen LogP contribution in [-0.4, -0.2) is 23.8 Å². The minimum Gasteiger partial charge on any atom is -0.493 e. The lowest BCUT2D eigenvalue weighted by atomic mass is 10.2. The van der Waals surface area contributed by atoms with Gasteiger partial charge in [0, 0.05) is 17.5 Å². The molecule has 1 aromatic carbocycles. The van der Waals surface area contributed by atoms with Gasteiger partial charge in [-0.2, -0.15) is 0 Å². The molecule has 0 radical (unpaired) electrons. The third-order valence-corrected chi connectivity index (χ3v) is 3.20. The second kappa shape index (κ2) is 5.74. The van der Waals surface area contributed by atoms with Crippen molar-refractivity contribution < 1.29 is 14.4 Å². The number of nitrogens with zero attached hydrogens (tertiary/aromatic N) is 2. The summed E-state index contributed by atoms with van der Waals surface area (Å²) in [4.78, 5) is 10.8.